The van der Waals surface area contributed by atoms with Crippen LogP contribution in [0.15, 0.2) is 72.9 Å². The van der Waals surface area contributed by atoms with E-state index in [1.54, 1.807) is 31.4 Å². The summed E-state index contributed by atoms with van der Waals surface area (Å²) in [7, 11) is 1.66. The SMILES string of the molecule is COc1cccc(-c2nc(C3CCCN(C(=O)Nc4ccc(C(C)=O)cc4)C3)n3ccccc23)c1. The summed E-state index contributed by atoms with van der Waals surface area (Å²) in [6, 6.07) is 20.9. The van der Waals surface area contributed by atoms with Crippen LogP contribution >= 0.6 is 0 Å². The van der Waals surface area contributed by atoms with Gasteiger partial charge in [-0.2, -0.15) is 0 Å². The highest BCUT2D eigenvalue weighted by atomic mass is 16.5. The van der Waals surface area contributed by atoms with E-state index in [9.17, 15) is 9.59 Å². The first-order chi connectivity index (χ1) is 17.0. The summed E-state index contributed by atoms with van der Waals surface area (Å²) in [4.78, 5) is 31.5. The number of amides is 2. The van der Waals surface area contributed by atoms with Gasteiger partial charge in [-0.05, 0) is 68.3 Å². The first kappa shape index (κ1) is 22.7. The van der Waals surface area contributed by atoms with Gasteiger partial charge in [-0.1, -0.05) is 18.2 Å². The number of likely N-dealkylation sites (tertiary alicyclic amines) is 1. The molecule has 4 aromatic rings. The maximum Gasteiger partial charge on any atom is 0.321 e. The van der Waals surface area contributed by atoms with E-state index in [-0.39, 0.29) is 17.7 Å². The summed E-state index contributed by atoms with van der Waals surface area (Å²) in [5.74, 6) is 1.87. The number of urea groups is 1. The van der Waals surface area contributed by atoms with Crippen LogP contribution in [-0.2, 0) is 0 Å². The molecule has 0 spiro atoms. The zero-order chi connectivity index (χ0) is 24.4. The van der Waals surface area contributed by atoms with Gasteiger partial charge < -0.3 is 19.4 Å². The van der Waals surface area contributed by atoms with Crippen molar-refractivity contribution in [2.45, 2.75) is 25.7 Å². The lowest BCUT2D eigenvalue weighted by atomic mass is 9.97. The van der Waals surface area contributed by atoms with E-state index in [0.717, 1.165) is 41.2 Å². The highest BCUT2D eigenvalue weighted by molar-refractivity contribution is 5.95. The molecule has 7 nitrogen and oxygen atoms in total. The van der Waals surface area contributed by atoms with Crippen LogP contribution in [0.4, 0.5) is 10.5 Å². The number of pyridine rings is 1. The number of methoxy groups -OCH3 is 1. The molecular weight excluding hydrogens is 440 g/mol. The standard InChI is InChI=1S/C28H28N4O3/c1-19(33)20-11-13-23(14-12-20)29-28(34)31-15-6-8-22(18-31)27-30-26(25-10-3-4-16-32(25)27)21-7-5-9-24(17-21)35-2/h3-5,7,9-14,16-17,22H,6,8,15,18H2,1-2H3,(H,29,34). The Bertz CT molecular complexity index is 1380. The molecule has 1 aliphatic rings. The number of fused-ring (bicyclic) bond motifs is 1. The molecule has 0 saturated carbocycles. The smallest absolute Gasteiger partial charge is 0.321 e. The molecule has 7 heteroatoms. The topological polar surface area (TPSA) is 75.9 Å². The molecule has 1 atom stereocenters. The highest BCUT2D eigenvalue weighted by Gasteiger charge is 2.28. The van der Waals surface area contributed by atoms with Gasteiger partial charge in [0.25, 0.3) is 0 Å². The minimum absolute atomic E-state index is 0.00184. The van der Waals surface area contributed by atoms with Crippen molar-refractivity contribution in [2.75, 3.05) is 25.5 Å². The van der Waals surface area contributed by atoms with Gasteiger partial charge in [-0.3, -0.25) is 4.79 Å². The minimum Gasteiger partial charge on any atom is -0.497 e. The maximum atomic E-state index is 13.0. The van der Waals surface area contributed by atoms with Gasteiger partial charge in [0.15, 0.2) is 5.78 Å². The van der Waals surface area contributed by atoms with E-state index in [0.29, 0.717) is 24.3 Å². The zero-order valence-corrected chi connectivity index (χ0v) is 19.9. The van der Waals surface area contributed by atoms with Gasteiger partial charge in [0.2, 0.25) is 0 Å². The number of carbonyl (C=O) groups is 2. The fourth-order valence-corrected chi connectivity index (χ4v) is 4.70. The molecule has 178 valence electrons. The number of imidazole rings is 1. The molecule has 2 amide bonds. The van der Waals surface area contributed by atoms with Crippen molar-refractivity contribution in [3.8, 4) is 17.0 Å². The van der Waals surface area contributed by atoms with Crippen LogP contribution in [0.5, 0.6) is 5.75 Å². The van der Waals surface area contributed by atoms with Crippen molar-refractivity contribution in [3.63, 3.8) is 0 Å². The number of aromatic nitrogens is 2. The number of carbonyl (C=O) groups excluding carboxylic acids is 2. The molecule has 0 aliphatic carbocycles. The predicted octanol–water partition coefficient (Wildman–Crippen LogP) is 5.62. The van der Waals surface area contributed by atoms with Crippen molar-refractivity contribution in [3.05, 3.63) is 84.3 Å². The van der Waals surface area contributed by atoms with Crippen molar-refractivity contribution >= 4 is 23.0 Å². The Morgan fingerprint density at radius 3 is 2.66 bits per heavy atom. The van der Waals surface area contributed by atoms with Crippen molar-refractivity contribution in [1.82, 2.24) is 14.3 Å². The van der Waals surface area contributed by atoms with Crippen LogP contribution in [-0.4, -0.2) is 46.3 Å². The number of hydrogen-bond donors (Lipinski definition) is 1. The predicted molar refractivity (Wildman–Crippen MR) is 136 cm³/mol. The minimum atomic E-state index is -0.140. The third-order valence-corrected chi connectivity index (χ3v) is 6.54. The Morgan fingerprint density at radius 1 is 1.06 bits per heavy atom. The number of Topliss-reactive ketones (excluding diaryl/α,β-unsaturated/α-hetero) is 1. The summed E-state index contributed by atoms with van der Waals surface area (Å²) in [6.07, 6.45) is 3.90. The molecule has 35 heavy (non-hydrogen) atoms. The van der Waals surface area contributed by atoms with Gasteiger partial charge in [-0.25, -0.2) is 9.78 Å². The van der Waals surface area contributed by atoms with Crippen molar-refractivity contribution in [1.29, 1.82) is 0 Å². The van der Waals surface area contributed by atoms with Crippen molar-refractivity contribution < 1.29 is 14.3 Å². The molecule has 3 heterocycles. The van der Waals surface area contributed by atoms with Gasteiger partial charge in [-0.15, -0.1) is 0 Å². The quantitative estimate of drug-likeness (QED) is 0.386. The molecule has 1 N–H and O–H groups in total. The largest absolute Gasteiger partial charge is 0.497 e. The van der Waals surface area contributed by atoms with E-state index < -0.39 is 0 Å². The van der Waals surface area contributed by atoms with E-state index in [2.05, 4.69) is 15.8 Å². The average molecular weight is 469 g/mol. The number of ether oxygens (including phenoxy) is 1. The molecule has 1 aliphatic heterocycles. The Kier molecular flexibility index (Phi) is 6.23. The molecule has 2 aromatic carbocycles. The maximum absolute atomic E-state index is 13.0. The van der Waals surface area contributed by atoms with Crippen LogP contribution in [0, 0.1) is 0 Å². The van der Waals surface area contributed by atoms with Crippen LogP contribution in [0.3, 0.4) is 0 Å². The molecular formula is C28H28N4O3. The Morgan fingerprint density at radius 2 is 1.89 bits per heavy atom. The first-order valence-electron chi connectivity index (χ1n) is 11.8. The number of ketones is 1. The van der Waals surface area contributed by atoms with E-state index in [4.69, 9.17) is 9.72 Å². The van der Waals surface area contributed by atoms with E-state index in [1.807, 2.05) is 47.5 Å². The number of nitrogens with one attached hydrogen (secondary N) is 1. The number of anilines is 1. The van der Waals surface area contributed by atoms with Gasteiger partial charge in [0.1, 0.15) is 11.6 Å². The number of hydrogen-bond acceptors (Lipinski definition) is 4. The second kappa shape index (κ2) is 9.62. The Hall–Kier alpha value is -4.13. The number of piperidine rings is 1. The summed E-state index contributed by atoms with van der Waals surface area (Å²) in [6.45, 7) is 2.81. The van der Waals surface area contributed by atoms with Crippen molar-refractivity contribution in [2.24, 2.45) is 0 Å². The molecule has 1 fully saturated rings. The Labute approximate surface area is 204 Å². The first-order valence-corrected chi connectivity index (χ1v) is 11.8. The zero-order valence-electron chi connectivity index (χ0n) is 19.9. The third kappa shape index (κ3) is 4.62. The lowest BCUT2D eigenvalue weighted by Crippen LogP contribution is -2.42. The number of benzene rings is 2. The fourth-order valence-electron chi connectivity index (χ4n) is 4.70. The normalized spacial score (nSPS) is 15.7. The van der Waals surface area contributed by atoms with Crippen LogP contribution < -0.4 is 10.1 Å². The highest BCUT2D eigenvalue weighted by Crippen LogP contribution is 2.33. The summed E-state index contributed by atoms with van der Waals surface area (Å²) < 4.78 is 7.56. The number of nitrogens with zero attached hydrogens (tertiary/aromatic N) is 3. The van der Waals surface area contributed by atoms with Crippen LogP contribution in [0.1, 0.15) is 41.9 Å². The molecule has 5 rings (SSSR count). The molecule has 1 saturated heterocycles. The number of rotatable bonds is 5. The lowest BCUT2D eigenvalue weighted by molar-refractivity contribution is 0.101. The summed E-state index contributed by atoms with van der Waals surface area (Å²) >= 11 is 0. The average Bonchev–Trinajstić information content (AvgIpc) is 3.29. The monoisotopic (exact) mass is 468 g/mol. The summed E-state index contributed by atoms with van der Waals surface area (Å²) in [5, 5.41) is 2.97. The van der Waals surface area contributed by atoms with Crippen LogP contribution in [0.2, 0.25) is 0 Å². The third-order valence-electron chi connectivity index (χ3n) is 6.54. The Balaban J connectivity index is 1.39. The molecule has 0 radical (unpaired) electrons. The van der Waals surface area contributed by atoms with Gasteiger partial charge in [0, 0.05) is 42.0 Å². The van der Waals surface area contributed by atoms with Crippen LogP contribution in [0.25, 0.3) is 16.8 Å². The molecule has 1 unspecified atom stereocenters. The second-order valence-electron chi connectivity index (χ2n) is 8.86. The summed E-state index contributed by atoms with van der Waals surface area (Å²) in [5.41, 5.74) is 4.24. The molecule has 0 bridgehead atoms. The molecule has 2 aromatic heterocycles. The fraction of sp³-hybridized carbons (Fsp3) is 0.250. The van der Waals surface area contributed by atoms with E-state index >= 15 is 0 Å². The van der Waals surface area contributed by atoms with Gasteiger partial charge >= 0.3 is 6.03 Å². The second-order valence-corrected chi connectivity index (χ2v) is 8.86. The van der Waals surface area contributed by atoms with E-state index in [1.165, 1.54) is 6.92 Å². The van der Waals surface area contributed by atoms with Gasteiger partial charge in [0.05, 0.1) is 18.3 Å². The lowest BCUT2D eigenvalue weighted by Gasteiger charge is -2.32.